The molecule has 1 unspecified atom stereocenters. The average molecular weight is 292 g/mol. The summed E-state index contributed by atoms with van der Waals surface area (Å²) in [6.45, 7) is 2.85. The van der Waals surface area contributed by atoms with Gasteiger partial charge in [0.15, 0.2) is 0 Å². The first-order chi connectivity index (χ1) is 10.0. The van der Waals surface area contributed by atoms with Crippen molar-refractivity contribution in [2.75, 3.05) is 18.4 Å². The zero-order valence-electron chi connectivity index (χ0n) is 12.0. The van der Waals surface area contributed by atoms with Gasteiger partial charge in [0.1, 0.15) is 5.69 Å². The lowest BCUT2D eigenvalue weighted by molar-refractivity contribution is -0.384. The first kappa shape index (κ1) is 15.2. The van der Waals surface area contributed by atoms with Gasteiger partial charge in [0, 0.05) is 24.2 Å². The first-order valence-corrected chi connectivity index (χ1v) is 7.04. The van der Waals surface area contributed by atoms with E-state index >= 15 is 0 Å². The summed E-state index contributed by atoms with van der Waals surface area (Å²) in [5, 5.41) is 17.0. The molecule has 2 rings (SSSR count). The molecule has 1 aliphatic rings. The molecule has 0 aliphatic heterocycles. The van der Waals surface area contributed by atoms with Crippen LogP contribution in [-0.4, -0.2) is 30.0 Å². The van der Waals surface area contributed by atoms with Gasteiger partial charge >= 0.3 is 0 Å². The van der Waals surface area contributed by atoms with Crippen molar-refractivity contribution >= 4 is 17.3 Å². The molecule has 1 saturated carbocycles. The van der Waals surface area contributed by atoms with Gasteiger partial charge < -0.3 is 16.4 Å². The van der Waals surface area contributed by atoms with Gasteiger partial charge in [-0.05, 0) is 37.4 Å². The number of nitrogens with one attached hydrogen (secondary N) is 2. The van der Waals surface area contributed by atoms with Crippen molar-refractivity contribution in [2.45, 2.75) is 25.8 Å². The van der Waals surface area contributed by atoms with Gasteiger partial charge in [0.25, 0.3) is 11.6 Å². The van der Waals surface area contributed by atoms with E-state index in [-0.39, 0.29) is 23.1 Å². The number of nitro groups is 1. The lowest BCUT2D eigenvalue weighted by Gasteiger charge is -2.11. The average Bonchev–Trinajstić information content (AvgIpc) is 3.28. The number of carbonyl (C=O) groups is 1. The fourth-order valence-electron chi connectivity index (χ4n) is 1.85. The fraction of sp³-hybridized carbons (Fsp3) is 0.500. The van der Waals surface area contributed by atoms with Crippen molar-refractivity contribution < 1.29 is 9.72 Å². The van der Waals surface area contributed by atoms with E-state index in [0.717, 1.165) is 12.8 Å². The lowest BCUT2D eigenvalue weighted by atomic mass is 10.1. The highest BCUT2D eigenvalue weighted by Gasteiger charge is 2.25. The molecule has 114 valence electrons. The maximum absolute atomic E-state index is 12.0. The summed E-state index contributed by atoms with van der Waals surface area (Å²) >= 11 is 0. The molecule has 21 heavy (non-hydrogen) atoms. The molecule has 1 aromatic rings. The van der Waals surface area contributed by atoms with E-state index < -0.39 is 4.92 Å². The smallest absolute Gasteiger partial charge is 0.293 e. The van der Waals surface area contributed by atoms with Gasteiger partial charge in [-0.25, -0.2) is 0 Å². The number of benzene rings is 1. The molecular weight excluding hydrogens is 272 g/mol. The van der Waals surface area contributed by atoms with E-state index in [9.17, 15) is 14.9 Å². The van der Waals surface area contributed by atoms with Crippen LogP contribution in [0.5, 0.6) is 0 Å². The third-order valence-corrected chi connectivity index (χ3v) is 3.41. The van der Waals surface area contributed by atoms with Gasteiger partial charge in [-0.15, -0.1) is 0 Å². The van der Waals surface area contributed by atoms with Crippen LogP contribution in [0.3, 0.4) is 0 Å². The Hall–Kier alpha value is -2.15. The molecule has 1 fully saturated rings. The summed E-state index contributed by atoms with van der Waals surface area (Å²) < 4.78 is 0. The lowest BCUT2D eigenvalue weighted by Crippen LogP contribution is -2.31. The van der Waals surface area contributed by atoms with Crippen molar-refractivity contribution in [1.29, 1.82) is 0 Å². The highest BCUT2D eigenvalue weighted by molar-refractivity contribution is 5.95. The van der Waals surface area contributed by atoms with Crippen LogP contribution >= 0.6 is 0 Å². The summed E-state index contributed by atoms with van der Waals surface area (Å²) in [5.74, 6) is -0.156. The highest BCUT2D eigenvalue weighted by Crippen LogP contribution is 2.31. The third-order valence-electron chi connectivity index (χ3n) is 3.41. The zero-order valence-corrected chi connectivity index (χ0v) is 12.0. The molecule has 4 N–H and O–H groups in total. The number of hydrogen-bond donors (Lipinski definition) is 3. The summed E-state index contributed by atoms with van der Waals surface area (Å²) in [4.78, 5) is 22.7. The van der Waals surface area contributed by atoms with Crippen LogP contribution < -0.4 is 16.4 Å². The first-order valence-electron chi connectivity index (χ1n) is 7.04. The van der Waals surface area contributed by atoms with Crippen LogP contribution in [0.15, 0.2) is 18.2 Å². The monoisotopic (exact) mass is 292 g/mol. The Balaban J connectivity index is 2.10. The predicted octanol–water partition coefficient (Wildman–Crippen LogP) is 1.49. The van der Waals surface area contributed by atoms with E-state index in [4.69, 9.17) is 5.73 Å². The van der Waals surface area contributed by atoms with Crippen LogP contribution in [-0.2, 0) is 0 Å². The van der Waals surface area contributed by atoms with E-state index in [1.807, 2.05) is 6.92 Å². The largest absolute Gasteiger partial charge is 0.377 e. The summed E-state index contributed by atoms with van der Waals surface area (Å²) in [5.41, 5.74) is 6.17. The van der Waals surface area contributed by atoms with Crippen LogP contribution in [0.2, 0.25) is 0 Å². The Bertz CT molecular complexity index is 543. The van der Waals surface area contributed by atoms with Crippen LogP contribution in [0.1, 0.15) is 30.1 Å². The molecule has 7 nitrogen and oxygen atoms in total. The molecule has 0 spiro atoms. The molecule has 0 aromatic heterocycles. The minimum Gasteiger partial charge on any atom is -0.377 e. The van der Waals surface area contributed by atoms with E-state index in [1.165, 1.54) is 6.07 Å². The van der Waals surface area contributed by atoms with E-state index in [2.05, 4.69) is 10.6 Å². The number of anilines is 1. The van der Waals surface area contributed by atoms with Crippen molar-refractivity contribution in [3.8, 4) is 0 Å². The second kappa shape index (κ2) is 6.53. The van der Waals surface area contributed by atoms with Gasteiger partial charge in [0.05, 0.1) is 4.92 Å². The normalized spacial score (nSPS) is 15.3. The third kappa shape index (κ3) is 4.16. The number of nitrogens with two attached hydrogens (primary N) is 1. The standard InChI is InChI=1S/C14H20N4O3/c1-9(7-15)8-16-14(19)10-2-5-12(17-11-3-4-11)13(6-10)18(20)21/h2,5-6,9,11,17H,3-4,7-8,15H2,1H3,(H,16,19). The molecule has 7 heteroatoms. The molecule has 1 aromatic carbocycles. The Morgan fingerprint density at radius 1 is 1.52 bits per heavy atom. The molecular formula is C14H20N4O3. The molecule has 1 aliphatic carbocycles. The number of amides is 1. The Kier molecular flexibility index (Phi) is 4.74. The fourth-order valence-corrected chi connectivity index (χ4v) is 1.85. The minimum absolute atomic E-state index is 0.0681. The van der Waals surface area contributed by atoms with E-state index in [0.29, 0.717) is 24.8 Å². The van der Waals surface area contributed by atoms with Crippen LogP contribution in [0, 0.1) is 16.0 Å². The second-order valence-electron chi connectivity index (χ2n) is 5.46. The number of carbonyl (C=O) groups excluding carboxylic acids is 1. The van der Waals surface area contributed by atoms with Gasteiger partial charge in [-0.1, -0.05) is 6.92 Å². The minimum atomic E-state index is -0.468. The number of nitrogens with zero attached hydrogens (tertiary/aromatic N) is 1. The SMILES string of the molecule is CC(CN)CNC(=O)c1ccc(NC2CC2)c([N+](=O)[O-])c1. The van der Waals surface area contributed by atoms with Crippen LogP contribution in [0.4, 0.5) is 11.4 Å². The molecule has 0 heterocycles. The number of rotatable bonds is 7. The highest BCUT2D eigenvalue weighted by atomic mass is 16.6. The molecule has 0 radical (unpaired) electrons. The Labute approximate surface area is 123 Å². The van der Waals surface area contributed by atoms with Crippen molar-refractivity contribution in [3.63, 3.8) is 0 Å². The van der Waals surface area contributed by atoms with Crippen molar-refractivity contribution in [1.82, 2.24) is 5.32 Å². The van der Waals surface area contributed by atoms with Gasteiger partial charge in [-0.2, -0.15) is 0 Å². The Morgan fingerprint density at radius 3 is 2.81 bits per heavy atom. The topological polar surface area (TPSA) is 110 Å². The number of hydrogen-bond acceptors (Lipinski definition) is 5. The predicted molar refractivity (Wildman–Crippen MR) is 80.3 cm³/mol. The molecule has 1 atom stereocenters. The summed E-state index contributed by atoms with van der Waals surface area (Å²) in [6.07, 6.45) is 2.05. The molecule has 1 amide bonds. The second-order valence-corrected chi connectivity index (χ2v) is 5.46. The van der Waals surface area contributed by atoms with Crippen molar-refractivity contribution in [2.24, 2.45) is 11.7 Å². The van der Waals surface area contributed by atoms with Gasteiger partial charge in [0.2, 0.25) is 0 Å². The maximum atomic E-state index is 12.0. The van der Waals surface area contributed by atoms with Crippen LogP contribution in [0.25, 0.3) is 0 Å². The number of nitro benzene ring substituents is 1. The zero-order chi connectivity index (χ0) is 15.4. The quantitative estimate of drug-likeness (QED) is 0.521. The van der Waals surface area contributed by atoms with E-state index in [1.54, 1.807) is 12.1 Å². The Morgan fingerprint density at radius 2 is 2.24 bits per heavy atom. The van der Waals surface area contributed by atoms with Crippen molar-refractivity contribution in [3.05, 3.63) is 33.9 Å². The molecule has 0 bridgehead atoms. The summed E-state index contributed by atoms with van der Waals surface area (Å²) in [7, 11) is 0. The summed E-state index contributed by atoms with van der Waals surface area (Å²) in [6, 6.07) is 4.82. The maximum Gasteiger partial charge on any atom is 0.293 e. The molecule has 0 saturated heterocycles. The van der Waals surface area contributed by atoms with Gasteiger partial charge in [-0.3, -0.25) is 14.9 Å².